The summed E-state index contributed by atoms with van der Waals surface area (Å²) < 4.78 is 1.70. The number of hydrogen-bond acceptors (Lipinski definition) is 4. The lowest BCUT2D eigenvalue weighted by Gasteiger charge is -2.16. The third kappa shape index (κ3) is 3.99. The van der Waals surface area contributed by atoms with Gasteiger partial charge in [-0.25, -0.2) is 4.98 Å². The fraction of sp³-hybridized carbons (Fsp3) is 0.353. The SMILES string of the molecule is O=C(CCCn1cncn1)NC(CO)Cc1c[nH]c2ccccc12. The van der Waals surface area contributed by atoms with E-state index in [1.54, 1.807) is 11.0 Å². The Hall–Kier alpha value is -2.67. The number of aliphatic hydroxyl groups excluding tert-OH is 1. The van der Waals surface area contributed by atoms with Crippen molar-refractivity contribution in [1.29, 1.82) is 0 Å². The smallest absolute Gasteiger partial charge is 0.220 e. The van der Waals surface area contributed by atoms with Gasteiger partial charge in [-0.05, 0) is 24.5 Å². The number of aryl methyl sites for hydroxylation is 1. The van der Waals surface area contributed by atoms with Gasteiger partial charge in [-0.1, -0.05) is 18.2 Å². The van der Waals surface area contributed by atoms with Crippen molar-refractivity contribution >= 4 is 16.8 Å². The number of aliphatic hydroxyl groups is 1. The van der Waals surface area contributed by atoms with Gasteiger partial charge in [0.1, 0.15) is 12.7 Å². The Morgan fingerprint density at radius 3 is 3.04 bits per heavy atom. The quantitative estimate of drug-likeness (QED) is 0.580. The largest absolute Gasteiger partial charge is 0.394 e. The van der Waals surface area contributed by atoms with E-state index in [2.05, 4.69) is 20.4 Å². The fourth-order valence-corrected chi connectivity index (χ4v) is 2.78. The molecule has 3 N–H and O–H groups in total. The molecule has 3 rings (SSSR count). The maximum absolute atomic E-state index is 12.1. The van der Waals surface area contributed by atoms with Crippen LogP contribution in [0.3, 0.4) is 0 Å². The number of aromatic nitrogens is 4. The van der Waals surface area contributed by atoms with E-state index in [0.29, 0.717) is 25.8 Å². The standard InChI is InChI=1S/C17H21N5O2/c23-10-14(8-13-9-19-16-5-2-1-4-15(13)16)21-17(24)6-3-7-22-12-18-11-20-22/h1-2,4-5,9,11-12,14,19,23H,3,6-8,10H2,(H,21,24). The molecule has 3 aromatic rings. The second kappa shape index (κ2) is 7.74. The first-order chi connectivity index (χ1) is 11.8. The summed E-state index contributed by atoms with van der Waals surface area (Å²) >= 11 is 0. The molecule has 0 aliphatic rings. The number of nitrogens with one attached hydrogen (secondary N) is 2. The van der Waals surface area contributed by atoms with Crippen LogP contribution in [0.2, 0.25) is 0 Å². The zero-order valence-electron chi connectivity index (χ0n) is 13.4. The van der Waals surface area contributed by atoms with Crippen LogP contribution in [-0.4, -0.2) is 43.4 Å². The molecule has 0 aliphatic carbocycles. The molecular formula is C17H21N5O2. The molecule has 0 bridgehead atoms. The average Bonchev–Trinajstić information content (AvgIpc) is 3.24. The van der Waals surface area contributed by atoms with Crippen LogP contribution in [0.1, 0.15) is 18.4 Å². The highest BCUT2D eigenvalue weighted by atomic mass is 16.3. The van der Waals surface area contributed by atoms with Crippen LogP contribution < -0.4 is 5.32 Å². The average molecular weight is 327 g/mol. The van der Waals surface area contributed by atoms with Crippen molar-refractivity contribution in [3.8, 4) is 0 Å². The third-order valence-electron chi connectivity index (χ3n) is 3.98. The molecule has 126 valence electrons. The highest BCUT2D eigenvalue weighted by Crippen LogP contribution is 2.19. The van der Waals surface area contributed by atoms with Crippen LogP contribution in [0.25, 0.3) is 10.9 Å². The summed E-state index contributed by atoms with van der Waals surface area (Å²) in [7, 11) is 0. The third-order valence-corrected chi connectivity index (χ3v) is 3.98. The molecule has 7 nitrogen and oxygen atoms in total. The first-order valence-corrected chi connectivity index (χ1v) is 8.04. The van der Waals surface area contributed by atoms with E-state index in [1.165, 1.54) is 6.33 Å². The van der Waals surface area contributed by atoms with E-state index in [4.69, 9.17) is 0 Å². The van der Waals surface area contributed by atoms with E-state index in [9.17, 15) is 9.90 Å². The molecule has 1 unspecified atom stereocenters. The summed E-state index contributed by atoms with van der Waals surface area (Å²) in [5.74, 6) is -0.0611. The fourth-order valence-electron chi connectivity index (χ4n) is 2.78. The van der Waals surface area contributed by atoms with Crippen LogP contribution in [0.4, 0.5) is 0 Å². The Morgan fingerprint density at radius 1 is 1.38 bits per heavy atom. The zero-order valence-corrected chi connectivity index (χ0v) is 13.4. The highest BCUT2D eigenvalue weighted by Gasteiger charge is 2.14. The van der Waals surface area contributed by atoms with Crippen molar-refractivity contribution in [2.75, 3.05) is 6.61 Å². The summed E-state index contributed by atoms with van der Waals surface area (Å²) in [5.41, 5.74) is 2.15. The normalized spacial score (nSPS) is 12.4. The molecule has 0 saturated carbocycles. The van der Waals surface area contributed by atoms with Crippen LogP contribution in [-0.2, 0) is 17.8 Å². The Bertz CT molecular complexity index is 781. The molecule has 0 saturated heterocycles. The Kier molecular flexibility index (Phi) is 5.22. The van der Waals surface area contributed by atoms with E-state index in [-0.39, 0.29) is 18.6 Å². The predicted octanol–water partition coefficient (Wildman–Crippen LogP) is 1.26. The molecule has 1 aromatic carbocycles. The number of rotatable bonds is 8. The minimum absolute atomic E-state index is 0.0611. The number of aromatic amines is 1. The van der Waals surface area contributed by atoms with Crippen molar-refractivity contribution < 1.29 is 9.90 Å². The van der Waals surface area contributed by atoms with Gasteiger partial charge in [0.25, 0.3) is 0 Å². The van der Waals surface area contributed by atoms with Crippen molar-refractivity contribution in [3.63, 3.8) is 0 Å². The number of H-pyrrole nitrogens is 1. The minimum atomic E-state index is -0.289. The van der Waals surface area contributed by atoms with Crippen LogP contribution in [0, 0.1) is 0 Å². The summed E-state index contributed by atoms with van der Waals surface area (Å²) in [6.45, 7) is 0.563. The molecule has 2 heterocycles. The molecule has 0 aliphatic heterocycles. The number of carbonyl (C=O) groups is 1. The van der Waals surface area contributed by atoms with Gasteiger partial charge in [0, 0.05) is 30.1 Å². The Morgan fingerprint density at radius 2 is 2.25 bits per heavy atom. The molecule has 0 fully saturated rings. The Balaban J connectivity index is 1.51. The van der Waals surface area contributed by atoms with Gasteiger partial charge in [-0.15, -0.1) is 0 Å². The molecular weight excluding hydrogens is 306 g/mol. The van der Waals surface area contributed by atoms with Crippen LogP contribution >= 0.6 is 0 Å². The summed E-state index contributed by atoms with van der Waals surface area (Å²) in [6.07, 6.45) is 6.71. The molecule has 2 aromatic heterocycles. The van der Waals surface area contributed by atoms with Gasteiger partial charge < -0.3 is 15.4 Å². The van der Waals surface area contributed by atoms with E-state index in [0.717, 1.165) is 16.5 Å². The van der Waals surface area contributed by atoms with Crippen molar-refractivity contribution in [2.45, 2.75) is 31.8 Å². The molecule has 0 spiro atoms. The number of hydrogen-bond donors (Lipinski definition) is 3. The summed E-state index contributed by atoms with van der Waals surface area (Å²) in [5, 5.41) is 17.6. The first-order valence-electron chi connectivity index (χ1n) is 8.04. The molecule has 7 heteroatoms. The summed E-state index contributed by atoms with van der Waals surface area (Å²) in [6, 6.07) is 7.72. The second-order valence-electron chi connectivity index (χ2n) is 5.77. The van der Waals surface area contributed by atoms with E-state index in [1.807, 2.05) is 30.5 Å². The number of amides is 1. The lowest BCUT2D eigenvalue weighted by molar-refractivity contribution is -0.122. The van der Waals surface area contributed by atoms with Crippen LogP contribution in [0.15, 0.2) is 43.1 Å². The topological polar surface area (TPSA) is 95.8 Å². The van der Waals surface area contributed by atoms with Gasteiger partial charge in [0.15, 0.2) is 0 Å². The predicted molar refractivity (Wildman–Crippen MR) is 90.3 cm³/mol. The summed E-state index contributed by atoms with van der Waals surface area (Å²) in [4.78, 5) is 19.1. The number of fused-ring (bicyclic) bond motifs is 1. The second-order valence-corrected chi connectivity index (χ2v) is 5.77. The van der Waals surface area contributed by atoms with Gasteiger partial charge in [-0.3, -0.25) is 9.48 Å². The molecule has 1 atom stereocenters. The first kappa shape index (κ1) is 16.2. The lowest BCUT2D eigenvalue weighted by atomic mass is 10.1. The van der Waals surface area contributed by atoms with Crippen molar-refractivity contribution in [1.82, 2.24) is 25.1 Å². The van der Waals surface area contributed by atoms with Gasteiger partial charge in [0.2, 0.25) is 5.91 Å². The number of nitrogens with zero attached hydrogens (tertiary/aromatic N) is 3. The molecule has 24 heavy (non-hydrogen) atoms. The van der Waals surface area contributed by atoms with Crippen LogP contribution in [0.5, 0.6) is 0 Å². The van der Waals surface area contributed by atoms with Gasteiger partial charge in [-0.2, -0.15) is 5.10 Å². The van der Waals surface area contributed by atoms with E-state index >= 15 is 0 Å². The Labute approximate surface area is 139 Å². The zero-order chi connectivity index (χ0) is 16.8. The monoisotopic (exact) mass is 327 g/mol. The molecule has 1 amide bonds. The molecule has 0 radical (unpaired) electrons. The van der Waals surface area contributed by atoms with Gasteiger partial charge in [0.05, 0.1) is 12.6 Å². The maximum Gasteiger partial charge on any atom is 0.220 e. The number of para-hydroxylation sites is 1. The lowest BCUT2D eigenvalue weighted by Crippen LogP contribution is -2.39. The van der Waals surface area contributed by atoms with Crippen molar-refractivity contribution in [2.24, 2.45) is 0 Å². The highest BCUT2D eigenvalue weighted by molar-refractivity contribution is 5.83. The minimum Gasteiger partial charge on any atom is -0.394 e. The van der Waals surface area contributed by atoms with E-state index < -0.39 is 0 Å². The number of benzene rings is 1. The van der Waals surface area contributed by atoms with Gasteiger partial charge >= 0.3 is 0 Å². The number of carbonyl (C=O) groups excluding carboxylic acids is 1. The maximum atomic E-state index is 12.1. The van der Waals surface area contributed by atoms with Crippen molar-refractivity contribution in [3.05, 3.63) is 48.7 Å².